The zero-order valence-electron chi connectivity index (χ0n) is 14.6. The van der Waals surface area contributed by atoms with Gasteiger partial charge in [-0.25, -0.2) is 13.1 Å². The Hall–Kier alpha value is -2.38. The minimum Gasteiger partial charge on any atom is -0.493 e. The molecule has 2 aromatic rings. The number of hydrogen-bond donors (Lipinski definition) is 2. The molecule has 1 amide bonds. The van der Waals surface area contributed by atoms with Crippen molar-refractivity contribution >= 4 is 15.9 Å². The zero-order valence-corrected chi connectivity index (χ0v) is 15.4. The van der Waals surface area contributed by atoms with Crippen LogP contribution in [-0.4, -0.2) is 28.0 Å². The van der Waals surface area contributed by atoms with Gasteiger partial charge in [0.05, 0.1) is 17.5 Å². The Labute approximate surface area is 153 Å². The number of para-hydroxylation sites is 1. The first-order valence-electron chi connectivity index (χ1n) is 8.53. The van der Waals surface area contributed by atoms with Crippen LogP contribution >= 0.6 is 0 Å². The summed E-state index contributed by atoms with van der Waals surface area (Å²) >= 11 is 0. The molecule has 1 aliphatic rings. The van der Waals surface area contributed by atoms with Crippen LogP contribution in [0.15, 0.2) is 53.4 Å². The number of hydrogen-bond acceptors (Lipinski definition) is 4. The van der Waals surface area contributed by atoms with Crippen LogP contribution in [0.4, 0.5) is 0 Å². The maximum atomic E-state index is 12.3. The van der Waals surface area contributed by atoms with E-state index in [1.54, 1.807) is 24.3 Å². The normalized spacial score (nSPS) is 16.4. The van der Waals surface area contributed by atoms with Crippen molar-refractivity contribution in [3.63, 3.8) is 0 Å². The molecule has 1 heterocycles. The van der Waals surface area contributed by atoms with Crippen molar-refractivity contribution < 1.29 is 17.9 Å². The highest BCUT2D eigenvalue weighted by Crippen LogP contribution is 2.31. The van der Waals surface area contributed by atoms with Crippen molar-refractivity contribution in [2.24, 2.45) is 0 Å². The highest BCUT2D eigenvalue weighted by molar-refractivity contribution is 7.89. The lowest BCUT2D eigenvalue weighted by molar-refractivity contribution is -0.122. The standard InChI is InChI=1S/C19H22N2O4S/c1-20-26(23,24)15-9-6-14(7-10-15)8-11-19(22)21-17-12-13-25-18-5-3-2-4-16(17)18/h2-7,9-10,17,20H,8,11-13H2,1H3,(H,21,22). The molecule has 138 valence electrons. The van der Waals surface area contributed by atoms with Gasteiger partial charge >= 0.3 is 0 Å². The maximum Gasteiger partial charge on any atom is 0.240 e. The second-order valence-corrected chi connectivity index (χ2v) is 8.03. The Morgan fingerprint density at radius 3 is 2.62 bits per heavy atom. The summed E-state index contributed by atoms with van der Waals surface area (Å²) in [6, 6.07) is 14.3. The number of amides is 1. The van der Waals surface area contributed by atoms with E-state index >= 15 is 0 Å². The predicted octanol–water partition coefficient (Wildman–Crippen LogP) is 2.17. The molecule has 0 radical (unpaired) electrons. The van der Waals surface area contributed by atoms with Gasteiger partial charge in [0.25, 0.3) is 0 Å². The fourth-order valence-corrected chi connectivity index (χ4v) is 3.70. The Bertz CT molecular complexity index is 879. The van der Waals surface area contributed by atoms with Crippen molar-refractivity contribution in [2.75, 3.05) is 13.7 Å². The van der Waals surface area contributed by atoms with Crippen molar-refractivity contribution in [1.82, 2.24) is 10.0 Å². The molecule has 0 aromatic heterocycles. The lowest BCUT2D eigenvalue weighted by Gasteiger charge is -2.26. The summed E-state index contributed by atoms with van der Waals surface area (Å²) in [4.78, 5) is 12.5. The first-order chi connectivity index (χ1) is 12.5. The van der Waals surface area contributed by atoms with Gasteiger partial charge in [-0.2, -0.15) is 0 Å². The second kappa shape index (κ2) is 7.88. The molecule has 1 atom stereocenters. The van der Waals surface area contributed by atoms with Gasteiger partial charge in [-0.15, -0.1) is 0 Å². The van der Waals surface area contributed by atoms with Gasteiger partial charge in [0.15, 0.2) is 0 Å². The average Bonchev–Trinajstić information content (AvgIpc) is 2.67. The predicted molar refractivity (Wildman–Crippen MR) is 98.4 cm³/mol. The molecule has 0 bridgehead atoms. The van der Waals surface area contributed by atoms with E-state index in [0.29, 0.717) is 19.4 Å². The molecule has 0 saturated heterocycles. The lowest BCUT2D eigenvalue weighted by Crippen LogP contribution is -2.32. The maximum absolute atomic E-state index is 12.3. The smallest absolute Gasteiger partial charge is 0.240 e. The summed E-state index contributed by atoms with van der Waals surface area (Å²) in [6.07, 6.45) is 1.65. The summed E-state index contributed by atoms with van der Waals surface area (Å²) < 4.78 is 31.3. The van der Waals surface area contributed by atoms with Crippen molar-refractivity contribution in [2.45, 2.75) is 30.2 Å². The zero-order chi connectivity index (χ0) is 18.6. The van der Waals surface area contributed by atoms with Crippen molar-refractivity contribution in [1.29, 1.82) is 0 Å². The number of carbonyl (C=O) groups is 1. The number of ether oxygens (including phenoxy) is 1. The van der Waals surface area contributed by atoms with E-state index in [-0.39, 0.29) is 16.8 Å². The molecule has 2 N–H and O–H groups in total. The molecule has 1 aliphatic heterocycles. The van der Waals surface area contributed by atoms with Gasteiger partial charge in [-0.3, -0.25) is 4.79 Å². The van der Waals surface area contributed by atoms with Crippen LogP contribution in [0, 0.1) is 0 Å². The van der Waals surface area contributed by atoms with Crippen molar-refractivity contribution in [3.05, 3.63) is 59.7 Å². The van der Waals surface area contributed by atoms with Crippen LogP contribution in [0.2, 0.25) is 0 Å². The molecule has 2 aromatic carbocycles. The van der Waals surface area contributed by atoms with E-state index < -0.39 is 10.0 Å². The summed E-state index contributed by atoms with van der Waals surface area (Å²) in [5, 5.41) is 3.07. The largest absolute Gasteiger partial charge is 0.493 e. The van der Waals surface area contributed by atoms with Crippen LogP contribution in [0.3, 0.4) is 0 Å². The van der Waals surface area contributed by atoms with E-state index in [0.717, 1.165) is 23.3 Å². The molecule has 0 fully saturated rings. The van der Waals surface area contributed by atoms with Gasteiger partial charge in [-0.1, -0.05) is 30.3 Å². The monoisotopic (exact) mass is 374 g/mol. The Balaban J connectivity index is 1.57. The molecular formula is C19H22N2O4S. The van der Waals surface area contributed by atoms with E-state index in [1.807, 2.05) is 24.3 Å². The molecule has 6 nitrogen and oxygen atoms in total. The molecule has 26 heavy (non-hydrogen) atoms. The lowest BCUT2D eigenvalue weighted by atomic mass is 10.00. The molecule has 3 rings (SSSR count). The third-order valence-corrected chi connectivity index (χ3v) is 5.87. The number of rotatable bonds is 6. The summed E-state index contributed by atoms with van der Waals surface area (Å²) in [5.41, 5.74) is 1.93. The van der Waals surface area contributed by atoms with Crippen LogP contribution in [0.25, 0.3) is 0 Å². The first-order valence-corrected chi connectivity index (χ1v) is 10.0. The Kier molecular flexibility index (Phi) is 5.58. The number of nitrogens with one attached hydrogen (secondary N) is 2. The fraction of sp³-hybridized carbons (Fsp3) is 0.316. The number of carbonyl (C=O) groups excluding carboxylic acids is 1. The third-order valence-electron chi connectivity index (χ3n) is 4.44. The Morgan fingerprint density at radius 2 is 1.88 bits per heavy atom. The first kappa shape index (κ1) is 18.4. The fourth-order valence-electron chi connectivity index (χ4n) is 2.97. The molecule has 1 unspecified atom stereocenters. The van der Waals surface area contributed by atoms with Gasteiger partial charge in [0.2, 0.25) is 15.9 Å². The molecular weight excluding hydrogens is 352 g/mol. The van der Waals surface area contributed by atoms with Crippen LogP contribution in [-0.2, 0) is 21.2 Å². The number of sulfonamides is 1. The van der Waals surface area contributed by atoms with Crippen LogP contribution in [0.1, 0.15) is 30.0 Å². The average molecular weight is 374 g/mol. The topological polar surface area (TPSA) is 84.5 Å². The van der Waals surface area contributed by atoms with Gasteiger partial charge < -0.3 is 10.1 Å². The molecule has 0 aliphatic carbocycles. The van der Waals surface area contributed by atoms with Crippen molar-refractivity contribution in [3.8, 4) is 5.75 Å². The van der Waals surface area contributed by atoms with Crippen LogP contribution in [0.5, 0.6) is 5.75 Å². The van der Waals surface area contributed by atoms with E-state index in [1.165, 1.54) is 7.05 Å². The number of fused-ring (bicyclic) bond motifs is 1. The van der Waals surface area contributed by atoms with E-state index in [4.69, 9.17) is 4.74 Å². The van der Waals surface area contributed by atoms with E-state index in [9.17, 15) is 13.2 Å². The highest BCUT2D eigenvalue weighted by atomic mass is 32.2. The van der Waals surface area contributed by atoms with Gasteiger partial charge in [0.1, 0.15) is 5.75 Å². The highest BCUT2D eigenvalue weighted by Gasteiger charge is 2.22. The molecule has 0 saturated carbocycles. The quantitative estimate of drug-likeness (QED) is 0.812. The summed E-state index contributed by atoms with van der Waals surface area (Å²) in [7, 11) is -2.06. The van der Waals surface area contributed by atoms with Crippen LogP contribution < -0.4 is 14.8 Å². The number of benzene rings is 2. The third kappa shape index (κ3) is 4.23. The SMILES string of the molecule is CNS(=O)(=O)c1ccc(CCC(=O)NC2CCOc3ccccc32)cc1. The number of aryl methyl sites for hydroxylation is 1. The minimum absolute atomic E-state index is 0.0291. The van der Waals surface area contributed by atoms with E-state index in [2.05, 4.69) is 10.0 Å². The summed E-state index contributed by atoms with van der Waals surface area (Å²) in [5.74, 6) is 0.795. The van der Waals surface area contributed by atoms with Gasteiger partial charge in [0, 0.05) is 18.4 Å². The van der Waals surface area contributed by atoms with Gasteiger partial charge in [-0.05, 0) is 37.2 Å². The minimum atomic E-state index is -3.43. The molecule has 7 heteroatoms. The summed E-state index contributed by atoms with van der Waals surface area (Å²) in [6.45, 7) is 0.587. The molecule has 0 spiro atoms. The Morgan fingerprint density at radius 1 is 1.15 bits per heavy atom. The second-order valence-electron chi connectivity index (χ2n) is 6.15.